The highest BCUT2D eigenvalue weighted by molar-refractivity contribution is 7.90. The van der Waals surface area contributed by atoms with Gasteiger partial charge in [0, 0.05) is 25.7 Å². The maximum Gasteiger partial charge on any atom is 0.209 e. The number of carbonyl (C=O) groups is 1. The van der Waals surface area contributed by atoms with Crippen LogP contribution in [0.2, 0.25) is 0 Å². The standard InChI is InChI=1S/C22H34N2O4S/c1-2-17-8-9-19-14-29(27,28)15-22(21(19)10-17)23-11-20(26)13-24(16-25)12-18-6-4-3-5-7-18/h8-10,16,18,20,22-23,26H,2-7,11-15H2,1H3/t20?,22-/m0/s1. The Bertz CT molecular complexity index is 790. The number of aliphatic hydroxyl groups excluding tert-OH is 1. The van der Waals surface area contributed by atoms with E-state index >= 15 is 0 Å². The number of benzene rings is 1. The third-order valence-corrected chi connectivity index (χ3v) is 7.79. The molecule has 1 fully saturated rings. The number of hydrogen-bond acceptors (Lipinski definition) is 5. The summed E-state index contributed by atoms with van der Waals surface area (Å²) in [5.74, 6) is 0.643. The van der Waals surface area contributed by atoms with Gasteiger partial charge >= 0.3 is 0 Å². The Kier molecular flexibility index (Phi) is 7.71. The van der Waals surface area contributed by atoms with E-state index in [2.05, 4.69) is 18.3 Å². The van der Waals surface area contributed by atoms with Gasteiger partial charge in [0.2, 0.25) is 6.41 Å². The number of aryl methyl sites for hydroxylation is 1. The first-order valence-electron chi connectivity index (χ1n) is 10.8. The minimum Gasteiger partial charge on any atom is -0.390 e. The van der Waals surface area contributed by atoms with Gasteiger partial charge in [0.1, 0.15) is 0 Å². The largest absolute Gasteiger partial charge is 0.390 e. The molecular formula is C22H34N2O4S. The van der Waals surface area contributed by atoms with E-state index in [0.717, 1.165) is 36.8 Å². The molecular weight excluding hydrogens is 388 g/mol. The zero-order valence-corrected chi connectivity index (χ0v) is 18.2. The minimum atomic E-state index is -3.17. The highest BCUT2D eigenvalue weighted by Gasteiger charge is 2.30. The molecule has 0 aromatic heterocycles. The van der Waals surface area contributed by atoms with Crippen molar-refractivity contribution in [3.05, 3.63) is 34.9 Å². The van der Waals surface area contributed by atoms with Gasteiger partial charge in [-0.15, -0.1) is 0 Å². The molecule has 1 unspecified atom stereocenters. The van der Waals surface area contributed by atoms with Gasteiger partial charge in [-0.3, -0.25) is 4.79 Å². The summed E-state index contributed by atoms with van der Waals surface area (Å²) in [6.07, 6.45) is 7.00. The second-order valence-corrected chi connectivity index (χ2v) is 10.7. The summed E-state index contributed by atoms with van der Waals surface area (Å²) >= 11 is 0. The van der Waals surface area contributed by atoms with Crippen LogP contribution < -0.4 is 5.32 Å². The highest BCUT2D eigenvalue weighted by Crippen LogP contribution is 2.29. The zero-order valence-electron chi connectivity index (χ0n) is 17.3. The Hall–Kier alpha value is -1.44. The molecule has 162 valence electrons. The topological polar surface area (TPSA) is 86.7 Å². The van der Waals surface area contributed by atoms with Crippen molar-refractivity contribution in [2.75, 3.05) is 25.4 Å². The molecule has 2 aliphatic rings. The molecule has 0 spiro atoms. The van der Waals surface area contributed by atoms with Crippen molar-refractivity contribution in [3.8, 4) is 0 Å². The molecule has 29 heavy (non-hydrogen) atoms. The van der Waals surface area contributed by atoms with Crippen molar-refractivity contribution >= 4 is 16.2 Å². The third-order valence-electron chi connectivity index (χ3n) is 6.20. The Morgan fingerprint density at radius 2 is 2.03 bits per heavy atom. The van der Waals surface area contributed by atoms with Crippen LogP contribution in [0.25, 0.3) is 0 Å². The highest BCUT2D eigenvalue weighted by atomic mass is 32.2. The van der Waals surface area contributed by atoms with Crippen LogP contribution >= 0.6 is 0 Å². The Morgan fingerprint density at radius 3 is 2.72 bits per heavy atom. The average Bonchev–Trinajstić information content (AvgIpc) is 2.71. The quantitative estimate of drug-likeness (QED) is 0.596. The van der Waals surface area contributed by atoms with Crippen LogP contribution in [0.3, 0.4) is 0 Å². The second-order valence-electron chi connectivity index (χ2n) is 8.62. The van der Waals surface area contributed by atoms with Crippen LogP contribution in [0.1, 0.15) is 61.8 Å². The number of nitrogens with zero attached hydrogens (tertiary/aromatic N) is 1. The van der Waals surface area contributed by atoms with Gasteiger partial charge in [0.15, 0.2) is 9.84 Å². The molecule has 0 radical (unpaired) electrons. The summed E-state index contributed by atoms with van der Waals surface area (Å²) in [6.45, 7) is 3.30. The van der Waals surface area contributed by atoms with Crippen LogP contribution in [-0.2, 0) is 26.8 Å². The Morgan fingerprint density at radius 1 is 1.28 bits per heavy atom. The van der Waals surface area contributed by atoms with E-state index in [1.165, 1.54) is 24.8 Å². The third kappa shape index (κ3) is 6.27. The lowest BCUT2D eigenvalue weighted by Crippen LogP contribution is -2.42. The average molecular weight is 423 g/mol. The van der Waals surface area contributed by atoms with Gasteiger partial charge in [-0.05, 0) is 41.9 Å². The van der Waals surface area contributed by atoms with Crippen molar-refractivity contribution in [2.45, 2.75) is 63.3 Å². The fraction of sp³-hybridized carbons (Fsp3) is 0.682. The van der Waals surface area contributed by atoms with Gasteiger partial charge < -0.3 is 15.3 Å². The lowest BCUT2D eigenvalue weighted by molar-refractivity contribution is -0.120. The number of amides is 1. The van der Waals surface area contributed by atoms with Gasteiger partial charge in [-0.1, -0.05) is 44.4 Å². The fourth-order valence-corrected chi connectivity index (χ4v) is 6.26. The molecule has 0 saturated heterocycles. The number of aliphatic hydroxyl groups is 1. The molecule has 1 aliphatic heterocycles. The monoisotopic (exact) mass is 422 g/mol. The van der Waals surface area contributed by atoms with Crippen LogP contribution in [0.15, 0.2) is 18.2 Å². The van der Waals surface area contributed by atoms with E-state index < -0.39 is 15.9 Å². The first-order valence-corrected chi connectivity index (χ1v) is 12.6. The fourth-order valence-electron chi connectivity index (χ4n) is 4.60. The van der Waals surface area contributed by atoms with Crippen molar-refractivity contribution < 1.29 is 18.3 Å². The minimum absolute atomic E-state index is 0.0410. The van der Waals surface area contributed by atoms with Gasteiger partial charge in [-0.25, -0.2) is 8.42 Å². The molecule has 2 atom stereocenters. The van der Waals surface area contributed by atoms with Crippen molar-refractivity contribution in [1.29, 1.82) is 0 Å². The summed E-state index contributed by atoms with van der Waals surface area (Å²) in [6, 6.07) is 5.65. The molecule has 1 aliphatic carbocycles. The van der Waals surface area contributed by atoms with Crippen LogP contribution in [0.4, 0.5) is 0 Å². The number of sulfone groups is 1. The number of fused-ring (bicyclic) bond motifs is 1. The normalized spacial score (nSPS) is 22.6. The van der Waals surface area contributed by atoms with Crippen LogP contribution in [-0.4, -0.2) is 56.3 Å². The van der Waals surface area contributed by atoms with E-state index in [9.17, 15) is 18.3 Å². The summed E-state index contributed by atoms with van der Waals surface area (Å²) in [4.78, 5) is 13.1. The van der Waals surface area contributed by atoms with Crippen molar-refractivity contribution in [1.82, 2.24) is 10.2 Å². The Balaban J connectivity index is 1.58. The van der Waals surface area contributed by atoms with Crippen LogP contribution in [0.5, 0.6) is 0 Å². The summed E-state index contributed by atoms with van der Waals surface area (Å²) in [5, 5.41) is 13.7. The molecule has 2 N–H and O–H groups in total. The first kappa shape index (κ1) is 22.2. The molecule has 0 bridgehead atoms. The molecule has 1 saturated carbocycles. The Labute approximate surface area is 174 Å². The predicted molar refractivity (Wildman–Crippen MR) is 114 cm³/mol. The maximum atomic E-state index is 12.3. The first-order chi connectivity index (χ1) is 13.9. The zero-order chi connectivity index (χ0) is 20.9. The summed E-state index contributed by atoms with van der Waals surface area (Å²) in [7, 11) is -3.17. The van der Waals surface area contributed by atoms with E-state index in [4.69, 9.17) is 0 Å². The van der Waals surface area contributed by atoms with Gasteiger partial charge in [0.05, 0.1) is 17.6 Å². The maximum absolute atomic E-state index is 12.3. The van der Waals surface area contributed by atoms with Crippen LogP contribution in [0, 0.1) is 5.92 Å². The molecule has 1 heterocycles. The SMILES string of the molecule is CCc1ccc2c(c1)[C@@H](NCC(O)CN(C=O)CC1CCCCC1)CS(=O)(=O)C2. The smallest absolute Gasteiger partial charge is 0.209 e. The molecule has 1 aromatic carbocycles. The molecule has 3 rings (SSSR count). The van der Waals surface area contributed by atoms with Crippen molar-refractivity contribution in [3.63, 3.8) is 0 Å². The van der Waals surface area contributed by atoms with E-state index in [1.807, 2.05) is 12.1 Å². The molecule has 6 nitrogen and oxygen atoms in total. The van der Waals surface area contributed by atoms with Gasteiger partial charge in [-0.2, -0.15) is 0 Å². The number of carbonyl (C=O) groups excluding carboxylic acids is 1. The van der Waals surface area contributed by atoms with E-state index in [-0.39, 0.29) is 30.6 Å². The molecule has 1 aromatic rings. The lowest BCUT2D eigenvalue weighted by Gasteiger charge is -2.30. The molecule has 7 heteroatoms. The second kappa shape index (κ2) is 10.0. The number of rotatable bonds is 9. The summed E-state index contributed by atoms with van der Waals surface area (Å²) in [5.41, 5.74) is 3.03. The van der Waals surface area contributed by atoms with Gasteiger partial charge in [0.25, 0.3) is 0 Å². The van der Waals surface area contributed by atoms with Crippen molar-refractivity contribution in [2.24, 2.45) is 5.92 Å². The van der Waals surface area contributed by atoms with E-state index in [0.29, 0.717) is 12.5 Å². The summed E-state index contributed by atoms with van der Waals surface area (Å²) < 4.78 is 24.6. The predicted octanol–water partition coefficient (Wildman–Crippen LogP) is 2.21. The molecule has 1 amide bonds. The lowest BCUT2D eigenvalue weighted by atomic mass is 9.89. The van der Waals surface area contributed by atoms with E-state index in [1.54, 1.807) is 4.90 Å². The number of hydrogen-bond donors (Lipinski definition) is 2. The number of nitrogens with one attached hydrogen (secondary N) is 1.